The molecule has 0 aliphatic heterocycles. The lowest BCUT2D eigenvalue weighted by atomic mass is 9.99. The van der Waals surface area contributed by atoms with Crippen molar-refractivity contribution in [2.75, 3.05) is 39.6 Å². The summed E-state index contributed by atoms with van der Waals surface area (Å²) in [5.74, 6) is -0.465. The van der Waals surface area contributed by atoms with Crippen molar-refractivity contribution >= 4 is 39.5 Å². The molecule has 0 bridgehead atoms. The van der Waals surface area contributed by atoms with Gasteiger partial charge in [0, 0.05) is 25.7 Å². The van der Waals surface area contributed by atoms with Gasteiger partial charge in [0.25, 0.3) is 0 Å². The molecule has 6 atom stereocenters. The average Bonchev–Trinajstić information content (AvgIpc) is 3.48. The Labute approximate surface area is 562 Å². The highest BCUT2D eigenvalue weighted by atomic mass is 31.2. The number of phosphoric ester groups is 2. The van der Waals surface area contributed by atoms with Gasteiger partial charge in [-0.1, -0.05) is 324 Å². The van der Waals surface area contributed by atoms with Crippen molar-refractivity contribution in [2.45, 2.75) is 394 Å². The van der Waals surface area contributed by atoms with Crippen molar-refractivity contribution in [3.8, 4) is 0 Å². The van der Waals surface area contributed by atoms with Crippen molar-refractivity contribution in [2.24, 2.45) is 11.8 Å². The second-order valence-corrected chi connectivity index (χ2v) is 30.0. The molecule has 546 valence electrons. The molecule has 17 nitrogen and oxygen atoms in total. The van der Waals surface area contributed by atoms with Crippen LogP contribution in [0.4, 0.5) is 0 Å². The molecule has 0 fully saturated rings. The number of aliphatic hydroxyl groups is 1. The van der Waals surface area contributed by atoms with Crippen LogP contribution in [0, 0.1) is 11.8 Å². The maximum absolute atomic E-state index is 13.1. The number of rotatable bonds is 72. The highest BCUT2D eigenvalue weighted by Crippen LogP contribution is 2.45. The first-order valence-corrected chi connectivity index (χ1v) is 41.0. The Balaban J connectivity index is 5.08. The fourth-order valence-corrected chi connectivity index (χ4v) is 12.7. The van der Waals surface area contributed by atoms with Crippen LogP contribution in [0.1, 0.15) is 375 Å². The van der Waals surface area contributed by atoms with Crippen molar-refractivity contribution in [3.63, 3.8) is 0 Å². The van der Waals surface area contributed by atoms with Gasteiger partial charge >= 0.3 is 39.5 Å². The average molecular weight is 1350 g/mol. The topological polar surface area (TPSA) is 237 Å². The number of phosphoric acid groups is 2. The van der Waals surface area contributed by atoms with Gasteiger partial charge in [0.2, 0.25) is 0 Å². The third-order valence-electron chi connectivity index (χ3n) is 17.3. The maximum Gasteiger partial charge on any atom is 0.472 e. The van der Waals surface area contributed by atoms with E-state index in [9.17, 15) is 43.2 Å². The van der Waals surface area contributed by atoms with E-state index in [-0.39, 0.29) is 25.7 Å². The van der Waals surface area contributed by atoms with Gasteiger partial charge in [-0.2, -0.15) is 0 Å². The molecule has 0 saturated heterocycles. The van der Waals surface area contributed by atoms with Crippen LogP contribution in [0.2, 0.25) is 0 Å². The number of esters is 4. The first-order chi connectivity index (χ1) is 44.4. The maximum atomic E-state index is 13.1. The molecule has 0 rings (SSSR count). The summed E-state index contributed by atoms with van der Waals surface area (Å²) < 4.78 is 68.0. The Hall–Kier alpha value is -1.94. The summed E-state index contributed by atoms with van der Waals surface area (Å²) in [5.41, 5.74) is 0. The minimum atomic E-state index is -4.95. The van der Waals surface area contributed by atoms with Crippen LogP contribution in [-0.2, 0) is 65.4 Å². The van der Waals surface area contributed by atoms with Gasteiger partial charge in [-0.3, -0.25) is 37.3 Å². The van der Waals surface area contributed by atoms with E-state index in [0.29, 0.717) is 25.7 Å². The Kier molecular flexibility index (Phi) is 63.7. The summed E-state index contributed by atoms with van der Waals surface area (Å²) in [5, 5.41) is 10.6. The lowest BCUT2D eigenvalue weighted by Crippen LogP contribution is -2.30. The van der Waals surface area contributed by atoms with Gasteiger partial charge in [-0.05, 0) is 37.5 Å². The highest BCUT2D eigenvalue weighted by Gasteiger charge is 2.30. The third-order valence-corrected chi connectivity index (χ3v) is 19.2. The summed E-state index contributed by atoms with van der Waals surface area (Å²) in [6, 6.07) is 0. The molecule has 92 heavy (non-hydrogen) atoms. The second-order valence-electron chi connectivity index (χ2n) is 27.1. The number of unbranched alkanes of at least 4 members (excludes halogenated alkanes) is 41. The Morgan fingerprint density at radius 2 is 0.554 bits per heavy atom. The fraction of sp³-hybridized carbons (Fsp3) is 0.945. The highest BCUT2D eigenvalue weighted by molar-refractivity contribution is 7.47. The SMILES string of the molecule is CCCCCCCCCCC(=O)O[C@H](COC(=O)CCCCCCC)COP(=O)(O)OC[C@H](O)COP(=O)(O)OC[C@@H](COC(=O)CCCCCCCCCCCCCCCCC(C)C)OC(=O)CCCCCCCCCCCCCCCCCCCCC(C)CC. The molecule has 0 spiro atoms. The standard InChI is InChI=1S/C73H142O17P2/c1-7-10-12-14-15-38-45-51-57-72(77)89-68(61-83-70(75)55-49-41-13-11-8-2)63-87-91(79,80)85-59-67(74)60-86-92(81,82)88-64-69(62-84-71(76)56-50-44-39-34-30-26-23-22-24-28-32-36-42-47-53-65(4)5)90-73(78)58-52-46-40-35-31-27-21-19-17-16-18-20-25-29-33-37-43-48-54-66(6)9-3/h65-69,74H,7-64H2,1-6H3,(H,79,80)(H,81,82)/t66?,67-,68+,69+/m0/s1. The molecular weight excluding hydrogens is 1210 g/mol. The van der Waals surface area contributed by atoms with Crippen molar-refractivity contribution < 1.29 is 80.2 Å². The monoisotopic (exact) mass is 1350 g/mol. The zero-order valence-electron chi connectivity index (χ0n) is 59.9. The van der Waals surface area contributed by atoms with Gasteiger partial charge in [0.05, 0.1) is 26.4 Å². The van der Waals surface area contributed by atoms with E-state index in [2.05, 4.69) is 41.5 Å². The lowest BCUT2D eigenvalue weighted by molar-refractivity contribution is -0.161. The molecule has 0 amide bonds. The molecule has 0 heterocycles. The van der Waals surface area contributed by atoms with Gasteiger partial charge in [-0.15, -0.1) is 0 Å². The van der Waals surface area contributed by atoms with Crippen LogP contribution in [0.25, 0.3) is 0 Å². The van der Waals surface area contributed by atoms with Gasteiger partial charge in [-0.25, -0.2) is 9.13 Å². The van der Waals surface area contributed by atoms with E-state index in [1.54, 1.807) is 0 Å². The van der Waals surface area contributed by atoms with E-state index >= 15 is 0 Å². The van der Waals surface area contributed by atoms with E-state index in [1.165, 1.54) is 180 Å². The van der Waals surface area contributed by atoms with Crippen LogP contribution in [0.15, 0.2) is 0 Å². The molecule has 0 aromatic heterocycles. The largest absolute Gasteiger partial charge is 0.472 e. The number of carbonyl (C=O) groups is 4. The summed E-state index contributed by atoms with van der Waals surface area (Å²) in [4.78, 5) is 72.2. The first kappa shape index (κ1) is 90.1. The number of carbonyl (C=O) groups excluding carboxylic acids is 4. The predicted octanol–water partition coefficient (Wildman–Crippen LogP) is 21.2. The normalized spacial score (nSPS) is 14.4. The zero-order chi connectivity index (χ0) is 67.9. The fourth-order valence-electron chi connectivity index (χ4n) is 11.1. The van der Waals surface area contributed by atoms with Crippen LogP contribution >= 0.6 is 15.6 Å². The summed E-state index contributed by atoms with van der Waals surface area (Å²) >= 11 is 0. The minimum Gasteiger partial charge on any atom is -0.462 e. The van der Waals surface area contributed by atoms with Crippen LogP contribution in [0.5, 0.6) is 0 Å². The van der Waals surface area contributed by atoms with Crippen LogP contribution < -0.4 is 0 Å². The smallest absolute Gasteiger partial charge is 0.462 e. The number of ether oxygens (including phenoxy) is 4. The molecule has 0 saturated carbocycles. The Morgan fingerprint density at radius 1 is 0.315 bits per heavy atom. The minimum absolute atomic E-state index is 0.104. The molecule has 0 aliphatic carbocycles. The molecule has 0 aromatic carbocycles. The van der Waals surface area contributed by atoms with E-state index < -0.39 is 97.5 Å². The molecule has 3 N–H and O–H groups in total. The van der Waals surface area contributed by atoms with Crippen LogP contribution in [0.3, 0.4) is 0 Å². The number of hydrogen-bond donors (Lipinski definition) is 3. The summed E-state index contributed by atoms with van der Waals surface area (Å²) in [6.45, 7) is 9.54. The second kappa shape index (κ2) is 65.0. The molecule has 0 aromatic rings. The van der Waals surface area contributed by atoms with Gasteiger partial charge < -0.3 is 33.8 Å². The zero-order valence-corrected chi connectivity index (χ0v) is 61.6. The summed E-state index contributed by atoms with van der Waals surface area (Å²) in [7, 11) is -9.89. The van der Waals surface area contributed by atoms with Gasteiger partial charge in [0.1, 0.15) is 19.3 Å². The molecule has 19 heteroatoms. The molecule has 0 radical (unpaired) electrons. The van der Waals surface area contributed by atoms with E-state index in [1.807, 2.05) is 0 Å². The quantitative estimate of drug-likeness (QED) is 0.0222. The third kappa shape index (κ3) is 65.4. The van der Waals surface area contributed by atoms with Crippen molar-refractivity contribution in [1.82, 2.24) is 0 Å². The number of aliphatic hydroxyl groups excluding tert-OH is 1. The van der Waals surface area contributed by atoms with Crippen molar-refractivity contribution in [1.29, 1.82) is 0 Å². The number of hydrogen-bond acceptors (Lipinski definition) is 15. The molecule has 3 unspecified atom stereocenters. The predicted molar refractivity (Wildman–Crippen MR) is 372 cm³/mol. The first-order valence-electron chi connectivity index (χ1n) is 38.0. The lowest BCUT2D eigenvalue weighted by Gasteiger charge is -2.21. The van der Waals surface area contributed by atoms with E-state index in [4.69, 9.17) is 37.0 Å². The van der Waals surface area contributed by atoms with Crippen LogP contribution in [-0.4, -0.2) is 96.7 Å². The Bertz CT molecular complexity index is 1790. The van der Waals surface area contributed by atoms with E-state index in [0.717, 1.165) is 115 Å². The Morgan fingerprint density at radius 3 is 0.826 bits per heavy atom. The molecular formula is C73H142O17P2. The van der Waals surface area contributed by atoms with Crippen molar-refractivity contribution in [3.05, 3.63) is 0 Å². The summed E-state index contributed by atoms with van der Waals surface area (Å²) in [6.07, 6.45) is 51.9. The van der Waals surface area contributed by atoms with Gasteiger partial charge in [0.15, 0.2) is 12.2 Å². The molecule has 0 aliphatic rings.